The second-order valence-electron chi connectivity index (χ2n) is 7.25. The fourth-order valence-electron chi connectivity index (χ4n) is 3.30. The van der Waals surface area contributed by atoms with Crippen LogP contribution < -0.4 is 15.4 Å². The van der Waals surface area contributed by atoms with E-state index in [9.17, 15) is 15.3 Å². The van der Waals surface area contributed by atoms with Crippen LogP contribution in [0.1, 0.15) is 37.9 Å². The van der Waals surface area contributed by atoms with Crippen LogP contribution in [-0.2, 0) is 9.53 Å². The van der Waals surface area contributed by atoms with Crippen LogP contribution in [0, 0.1) is 22.8 Å². The number of rotatable bonds is 3. The maximum absolute atomic E-state index is 11.8. The smallest absolute Gasteiger partial charge is 0.303 e. The van der Waals surface area contributed by atoms with Gasteiger partial charge in [0.2, 0.25) is 5.96 Å². The number of nitrogens with zero attached hydrogens (tertiary/aromatic N) is 3. The molecule has 8 heteroatoms. The van der Waals surface area contributed by atoms with Crippen LogP contribution in [0.15, 0.2) is 53.5 Å². The van der Waals surface area contributed by atoms with Gasteiger partial charge in [-0.05, 0) is 44.2 Å². The first kappa shape index (κ1) is 20.7. The van der Waals surface area contributed by atoms with Gasteiger partial charge < -0.3 is 14.8 Å². The highest BCUT2D eigenvalue weighted by molar-refractivity contribution is 5.94. The van der Waals surface area contributed by atoms with E-state index in [4.69, 9.17) is 9.47 Å². The Morgan fingerprint density at radius 3 is 2.57 bits per heavy atom. The van der Waals surface area contributed by atoms with Crippen molar-refractivity contribution in [2.75, 3.05) is 5.32 Å². The van der Waals surface area contributed by atoms with Gasteiger partial charge in [-0.25, -0.2) is 4.99 Å². The Morgan fingerprint density at radius 2 is 1.93 bits per heavy atom. The summed E-state index contributed by atoms with van der Waals surface area (Å²) in [5.74, 6) is 0.228. The number of anilines is 1. The summed E-state index contributed by atoms with van der Waals surface area (Å²) in [6, 6.07) is 15.6. The largest absolute Gasteiger partial charge is 0.484 e. The summed E-state index contributed by atoms with van der Waals surface area (Å²) in [6.45, 7) is 4.91. The summed E-state index contributed by atoms with van der Waals surface area (Å²) in [7, 11) is 0. The summed E-state index contributed by atoms with van der Waals surface area (Å²) in [5, 5.41) is 24.1. The molecule has 1 aliphatic heterocycles. The Labute approximate surface area is 174 Å². The maximum Gasteiger partial charge on any atom is 0.303 e. The summed E-state index contributed by atoms with van der Waals surface area (Å²) >= 11 is 0. The molecule has 3 rings (SSSR count). The molecule has 0 radical (unpaired) electrons. The molecule has 2 aromatic rings. The number of nitrogens with one attached hydrogen (secondary N) is 2. The molecule has 2 aromatic carbocycles. The van der Waals surface area contributed by atoms with E-state index in [1.165, 1.54) is 6.92 Å². The van der Waals surface area contributed by atoms with E-state index >= 15 is 0 Å². The lowest BCUT2D eigenvalue weighted by molar-refractivity contribution is -0.161. The molecule has 8 nitrogen and oxygen atoms in total. The summed E-state index contributed by atoms with van der Waals surface area (Å²) in [6.07, 6.45) is 1.08. The lowest BCUT2D eigenvalue weighted by Crippen LogP contribution is -2.51. The number of hydrogen-bond donors (Lipinski definition) is 2. The molecule has 0 saturated heterocycles. The van der Waals surface area contributed by atoms with Crippen LogP contribution in [0.25, 0.3) is 0 Å². The zero-order chi connectivity index (χ0) is 21.7. The molecular weight excluding hydrogens is 382 g/mol. The van der Waals surface area contributed by atoms with Crippen molar-refractivity contribution in [2.24, 2.45) is 4.99 Å². The zero-order valence-electron chi connectivity index (χ0n) is 16.8. The SMILES string of the molecule is CC(=O)O[C@H]1[C@H](N=C(NC#N)Nc2ccccc2)c2cc(C#N)ccc2OC1(C)C. The predicted molar refractivity (Wildman–Crippen MR) is 110 cm³/mol. The third kappa shape index (κ3) is 4.50. The van der Waals surface area contributed by atoms with E-state index in [1.54, 1.807) is 32.0 Å². The van der Waals surface area contributed by atoms with E-state index in [-0.39, 0.29) is 5.96 Å². The molecule has 1 aliphatic rings. The van der Waals surface area contributed by atoms with Crippen LogP contribution in [0.4, 0.5) is 5.69 Å². The van der Waals surface area contributed by atoms with Gasteiger partial charge in [0, 0.05) is 18.2 Å². The van der Waals surface area contributed by atoms with Gasteiger partial charge >= 0.3 is 5.97 Å². The third-order valence-electron chi connectivity index (χ3n) is 4.57. The number of aliphatic imine (C=N–C) groups is 1. The van der Waals surface area contributed by atoms with Crippen molar-refractivity contribution in [3.05, 3.63) is 59.7 Å². The monoisotopic (exact) mass is 403 g/mol. The van der Waals surface area contributed by atoms with Crippen LogP contribution in [0.2, 0.25) is 0 Å². The van der Waals surface area contributed by atoms with E-state index in [0.717, 1.165) is 5.69 Å². The number of para-hydroxylation sites is 1. The minimum absolute atomic E-state index is 0.178. The van der Waals surface area contributed by atoms with Gasteiger partial charge in [0.15, 0.2) is 12.3 Å². The first-order chi connectivity index (χ1) is 14.3. The van der Waals surface area contributed by atoms with E-state index in [2.05, 4.69) is 21.7 Å². The number of esters is 1. The molecule has 2 N–H and O–H groups in total. The molecule has 0 aromatic heterocycles. The van der Waals surface area contributed by atoms with E-state index < -0.39 is 23.7 Å². The fraction of sp³-hybridized carbons (Fsp3) is 0.273. The molecule has 30 heavy (non-hydrogen) atoms. The van der Waals surface area contributed by atoms with Gasteiger partial charge in [-0.15, -0.1) is 0 Å². The number of benzene rings is 2. The summed E-state index contributed by atoms with van der Waals surface area (Å²) in [5.41, 5.74) is 0.836. The van der Waals surface area contributed by atoms with Crippen LogP contribution in [0.3, 0.4) is 0 Å². The molecule has 2 atom stereocenters. The van der Waals surface area contributed by atoms with Gasteiger partial charge in [-0.3, -0.25) is 10.1 Å². The molecule has 0 amide bonds. The molecule has 0 bridgehead atoms. The second kappa shape index (κ2) is 8.54. The Kier molecular flexibility index (Phi) is 5.89. The van der Waals surface area contributed by atoms with Crippen molar-refractivity contribution >= 4 is 17.6 Å². The normalized spacial score (nSPS) is 19.3. The predicted octanol–water partition coefficient (Wildman–Crippen LogP) is 3.24. The van der Waals surface area contributed by atoms with Gasteiger partial charge in [0.1, 0.15) is 17.4 Å². The van der Waals surface area contributed by atoms with Crippen molar-refractivity contribution in [3.8, 4) is 18.0 Å². The highest BCUT2D eigenvalue weighted by Gasteiger charge is 2.46. The van der Waals surface area contributed by atoms with Gasteiger partial charge in [0.25, 0.3) is 0 Å². The van der Waals surface area contributed by atoms with Crippen molar-refractivity contribution in [3.63, 3.8) is 0 Å². The minimum Gasteiger partial charge on any atom is -0.484 e. The topological polar surface area (TPSA) is 120 Å². The molecule has 0 spiro atoms. The van der Waals surface area contributed by atoms with E-state index in [1.807, 2.05) is 36.5 Å². The van der Waals surface area contributed by atoms with Crippen LogP contribution in [0.5, 0.6) is 5.75 Å². The van der Waals surface area contributed by atoms with Crippen molar-refractivity contribution in [2.45, 2.75) is 38.5 Å². The van der Waals surface area contributed by atoms with Gasteiger partial charge in [-0.1, -0.05) is 18.2 Å². The maximum atomic E-state index is 11.8. The molecule has 1 heterocycles. The molecule has 0 aliphatic carbocycles. The Balaban J connectivity index is 2.12. The van der Waals surface area contributed by atoms with Crippen molar-refractivity contribution in [1.82, 2.24) is 5.32 Å². The number of fused-ring (bicyclic) bond motifs is 1. The number of carbonyl (C=O) groups is 1. The van der Waals surface area contributed by atoms with Crippen LogP contribution >= 0.6 is 0 Å². The highest BCUT2D eigenvalue weighted by Crippen LogP contribution is 2.43. The first-order valence-corrected chi connectivity index (χ1v) is 9.29. The molecule has 152 valence electrons. The van der Waals surface area contributed by atoms with E-state index in [0.29, 0.717) is 16.9 Å². The number of hydrogen-bond acceptors (Lipinski definition) is 6. The Morgan fingerprint density at radius 1 is 1.20 bits per heavy atom. The van der Waals surface area contributed by atoms with Gasteiger partial charge in [0.05, 0.1) is 11.6 Å². The average Bonchev–Trinajstić information content (AvgIpc) is 2.70. The fourth-order valence-corrected chi connectivity index (χ4v) is 3.30. The lowest BCUT2D eigenvalue weighted by Gasteiger charge is -2.42. The molecular formula is C22H21N5O3. The van der Waals surface area contributed by atoms with Crippen LogP contribution in [-0.4, -0.2) is 23.6 Å². The van der Waals surface area contributed by atoms with Gasteiger partial charge in [-0.2, -0.15) is 10.5 Å². The summed E-state index contributed by atoms with van der Waals surface area (Å²) < 4.78 is 11.6. The number of carbonyl (C=O) groups excluding carboxylic acids is 1. The molecule has 0 saturated carbocycles. The number of guanidine groups is 1. The second-order valence-corrected chi connectivity index (χ2v) is 7.25. The van der Waals surface area contributed by atoms with Crippen molar-refractivity contribution < 1.29 is 14.3 Å². The number of ether oxygens (including phenoxy) is 2. The zero-order valence-corrected chi connectivity index (χ0v) is 16.8. The molecule has 0 fully saturated rings. The summed E-state index contributed by atoms with van der Waals surface area (Å²) in [4.78, 5) is 16.5. The highest BCUT2D eigenvalue weighted by atomic mass is 16.6. The average molecular weight is 403 g/mol. The van der Waals surface area contributed by atoms with Crippen molar-refractivity contribution in [1.29, 1.82) is 10.5 Å². The Hall–Kier alpha value is -4.04. The number of nitriles is 2. The lowest BCUT2D eigenvalue weighted by atomic mass is 9.86. The third-order valence-corrected chi connectivity index (χ3v) is 4.57. The first-order valence-electron chi connectivity index (χ1n) is 9.29. The standard InChI is InChI=1S/C22H21N5O3/c1-14(28)29-20-19(27-21(25-13-24)26-16-7-5-4-6-8-16)17-11-15(12-23)9-10-18(17)30-22(20,2)3/h4-11,19-20H,1-3H3,(H2,25,26,27)/t19-,20+/m1/s1. The minimum atomic E-state index is -0.897. The Bertz CT molecular complexity index is 1050. The molecule has 0 unspecified atom stereocenters. The quantitative estimate of drug-likeness (QED) is 0.265.